The zero-order valence-electron chi connectivity index (χ0n) is 11.2. The predicted octanol–water partition coefficient (Wildman–Crippen LogP) is 1.57. The number of non-ortho nitro benzene ring substituents is 1. The zero-order chi connectivity index (χ0) is 13.8. The van der Waals surface area contributed by atoms with Crippen LogP contribution in [0, 0.1) is 10.1 Å². The van der Waals surface area contributed by atoms with Crippen molar-refractivity contribution in [1.82, 2.24) is 9.91 Å². The van der Waals surface area contributed by atoms with E-state index in [2.05, 4.69) is 17.0 Å². The molecular formula is C13H18N4O2. The Bertz CT molecular complexity index is 493. The van der Waals surface area contributed by atoms with Crippen LogP contribution in [0.2, 0.25) is 0 Å². The Labute approximate surface area is 112 Å². The highest BCUT2D eigenvalue weighted by molar-refractivity contribution is 5.99. The van der Waals surface area contributed by atoms with Gasteiger partial charge < -0.3 is 4.90 Å². The van der Waals surface area contributed by atoms with Crippen molar-refractivity contribution in [2.24, 2.45) is 5.10 Å². The molecule has 1 aliphatic heterocycles. The molecule has 6 heteroatoms. The van der Waals surface area contributed by atoms with Gasteiger partial charge in [-0.05, 0) is 14.0 Å². The molecule has 1 aliphatic rings. The highest BCUT2D eigenvalue weighted by atomic mass is 16.6. The molecule has 0 N–H and O–H groups in total. The van der Waals surface area contributed by atoms with E-state index < -0.39 is 0 Å². The Morgan fingerprint density at radius 2 is 2.00 bits per heavy atom. The smallest absolute Gasteiger partial charge is 0.270 e. The van der Waals surface area contributed by atoms with Gasteiger partial charge in [-0.2, -0.15) is 5.10 Å². The van der Waals surface area contributed by atoms with Crippen LogP contribution in [0.3, 0.4) is 0 Å². The van der Waals surface area contributed by atoms with E-state index in [1.54, 1.807) is 12.1 Å². The van der Waals surface area contributed by atoms with Crippen LogP contribution in [0.4, 0.5) is 5.69 Å². The van der Waals surface area contributed by atoms with Gasteiger partial charge in [0.05, 0.1) is 10.6 Å². The van der Waals surface area contributed by atoms with Crippen LogP contribution in [0.25, 0.3) is 0 Å². The average Bonchev–Trinajstić information content (AvgIpc) is 2.41. The van der Waals surface area contributed by atoms with Gasteiger partial charge in [0.25, 0.3) is 5.69 Å². The van der Waals surface area contributed by atoms with Gasteiger partial charge in [-0.25, -0.2) is 0 Å². The van der Waals surface area contributed by atoms with Crippen LogP contribution >= 0.6 is 0 Å². The largest absolute Gasteiger partial charge is 0.303 e. The minimum absolute atomic E-state index is 0.102. The van der Waals surface area contributed by atoms with Crippen molar-refractivity contribution < 1.29 is 4.92 Å². The predicted molar refractivity (Wildman–Crippen MR) is 74.4 cm³/mol. The molecular weight excluding hydrogens is 244 g/mol. The summed E-state index contributed by atoms with van der Waals surface area (Å²) in [6.45, 7) is 5.65. The molecule has 0 saturated carbocycles. The number of nitro groups is 1. The molecule has 0 amide bonds. The van der Waals surface area contributed by atoms with Gasteiger partial charge >= 0.3 is 0 Å². The Balaban J connectivity index is 2.12. The topological polar surface area (TPSA) is 62.0 Å². The number of likely N-dealkylation sites (N-methyl/N-ethyl adjacent to an activating group) is 1. The minimum atomic E-state index is -0.382. The molecule has 1 fully saturated rings. The molecule has 6 nitrogen and oxygen atoms in total. The summed E-state index contributed by atoms with van der Waals surface area (Å²) >= 11 is 0. The number of hydrogen-bond acceptors (Lipinski definition) is 5. The van der Waals surface area contributed by atoms with Crippen LogP contribution in [0.1, 0.15) is 12.5 Å². The number of nitrogens with zero attached hydrogens (tertiary/aromatic N) is 4. The zero-order valence-corrected chi connectivity index (χ0v) is 11.2. The van der Waals surface area contributed by atoms with Crippen molar-refractivity contribution in [3.63, 3.8) is 0 Å². The maximum Gasteiger partial charge on any atom is 0.270 e. The highest BCUT2D eigenvalue weighted by Gasteiger charge is 2.13. The van der Waals surface area contributed by atoms with Crippen LogP contribution in [0.5, 0.6) is 0 Å². The standard InChI is InChI=1S/C13H18N4O2/c1-11(14-16-8-6-15(2)7-9-16)12-4-3-5-13(10-12)17(18)19/h3-5,10H,6-9H2,1-2H3/b14-11+. The van der Waals surface area contributed by atoms with Crippen LogP contribution < -0.4 is 0 Å². The van der Waals surface area contributed by atoms with Crippen molar-refractivity contribution >= 4 is 11.4 Å². The van der Waals surface area contributed by atoms with Crippen molar-refractivity contribution in [1.29, 1.82) is 0 Å². The first-order chi connectivity index (χ1) is 9.06. The normalized spacial score (nSPS) is 17.6. The van der Waals surface area contributed by atoms with Gasteiger partial charge in [0.15, 0.2) is 0 Å². The monoisotopic (exact) mass is 262 g/mol. The number of nitro benzene ring substituents is 1. The lowest BCUT2D eigenvalue weighted by atomic mass is 10.1. The number of hydrazone groups is 1. The van der Waals surface area contributed by atoms with Gasteiger partial charge in [0, 0.05) is 43.9 Å². The molecule has 0 spiro atoms. The lowest BCUT2D eigenvalue weighted by molar-refractivity contribution is -0.384. The number of hydrogen-bond donors (Lipinski definition) is 0. The molecule has 1 heterocycles. The van der Waals surface area contributed by atoms with Crippen LogP contribution in [-0.4, -0.2) is 53.8 Å². The first kappa shape index (κ1) is 13.5. The van der Waals surface area contributed by atoms with Crippen LogP contribution in [0.15, 0.2) is 29.4 Å². The van der Waals surface area contributed by atoms with Crippen molar-refractivity contribution in [3.8, 4) is 0 Å². The van der Waals surface area contributed by atoms with E-state index >= 15 is 0 Å². The molecule has 1 aromatic rings. The molecule has 0 aliphatic carbocycles. The molecule has 0 atom stereocenters. The van der Waals surface area contributed by atoms with Crippen molar-refractivity contribution in [3.05, 3.63) is 39.9 Å². The first-order valence-corrected chi connectivity index (χ1v) is 6.30. The third-order valence-electron chi connectivity index (χ3n) is 3.25. The summed E-state index contributed by atoms with van der Waals surface area (Å²) in [4.78, 5) is 12.6. The number of benzene rings is 1. The lowest BCUT2D eigenvalue weighted by Gasteiger charge is -2.30. The van der Waals surface area contributed by atoms with Crippen molar-refractivity contribution in [2.45, 2.75) is 6.92 Å². The fourth-order valence-corrected chi connectivity index (χ4v) is 2.01. The van der Waals surface area contributed by atoms with E-state index in [1.807, 2.05) is 18.0 Å². The second kappa shape index (κ2) is 5.79. The molecule has 2 rings (SSSR count). The lowest BCUT2D eigenvalue weighted by Crippen LogP contribution is -2.42. The molecule has 102 valence electrons. The fourth-order valence-electron chi connectivity index (χ4n) is 2.01. The van der Waals surface area contributed by atoms with E-state index in [9.17, 15) is 10.1 Å². The number of rotatable bonds is 3. The summed E-state index contributed by atoms with van der Waals surface area (Å²) in [6.07, 6.45) is 0. The molecule has 0 radical (unpaired) electrons. The maximum atomic E-state index is 10.8. The highest BCUT2D eigenvalue weighted by Crippen LogP contribution is 2.14. The minimum Gasteiger partial charge on any atom is -0.303 e. The fraction of sp³-hybridized carbons (Fsp3) is 0.462. The third kappa shape index (κ3) is 3.51. The second-order valence-corrected chi connectivity index (χ2v) is 4.75. The summed E-state index contributed by atoms with van der Waals surface area (Å²) < 4.78 is 0. The van der Waals surface area contributed by atoms with E-state index in [1.165, 1.54) is 6.07 Å². The van der Waals surface area contributed by atoms with E-state index in [0.717, 1.165) is 37.5 Å². The quantitative estimate of drug-likeness (QED) is 0.471. The Kier molecular flexibility index (Phi) is 4.11. The Morgan fingerprint density at radius 3 is 2.63 bits per heavy atom. The average molecular weight is 262 g/mol. The third-order valence-corrected chi connectivity index (χ3v) is 3.25. The first-order valence-electron chi connectivity index (χ1n) is 6.30. The molecule has 1 aromatic carbocycles. The Hall–Kier alpha value is -1.95. The van der Waals surface area contributed by atoms with Crippen molar-refractivity contribution in [2.75, 3.05) is 33.2 Å². The van der Waals surface area contributed by atoms with Gasteiger partial charge in [-0.3, -0.25) is 15.1 Å². The Morgan fingerprint density at radius 1 is 1.32 bits per heavy atom. The SMILES string of the molecule is C/C(=N\N1CCN(C)CC1)c1cccc([N+](=O)[O-])c1. The molecule has 0 aromatic heterocycles. The van der Waals surface area contributed by atoms with E-state index in [-0.39, 0.29) is 10.6 Å². The van der Waals surface area contributed by atoms with Gasteiger partial charge in [-0.15, -0.1) is 0 Å². The molecule has 0 unspecified atom stereocenters. The maximum absolute atomic E-state index is 10.8. The summed E-state index contributed by atoms with van der Waals surface area (Å²) in [7, 11) is 2.09. The summed E-state index contributed by atoms with van der Waals surface area (Å²) in [5.74, 6) is 0. The van der Waals surface area contributed by atoms with E-state index in [0.29, 0.717) is 0 Å². The molecule has 19 heavy (non-hydrogen) atoms. The van der Waals surface area contributed by atoms with Crippen LogP contribution in [-0.2, 0) is 0 Å². The summed E-state index contributed by atoms with van der Waals surface area (Å²) in [5, 5.41) is 17.3. The molecule has 0 bridgehead atoms. The second-order valence-electron chi connectivity index (χ2n) is 4.75. The van der Waals surface area contributed by atoms with E-state index in [4.69, 9.17) is 0 Å². The summed E-state index contributed by atoms with van der Waals surface area (Å²) in [6, 6.07) is 6.60. The van der Waals surface area contributed by atoms with Gasteiger partial charge in [0.2, 0.25) is 0 Å². The van der Waals surface area contributed by atoms with Gasteiger partial charge in [0.1, 0.15) is 0 Å². The van der Waals surface area contributed by atoms with Gasteiger partial charge in [-0.1, -0.05) is 12.1 Å². The number of piperazine rings is 1. The molecule has 1 saturated heterocycles. The summed E-state index contributed by atoms with van der Waals surface area (Å²) in [5.41, 5.74) is 1.71.